The smallest absolute Gasteiger partial charge is 0.252 e. The molecule has 150 valence electrons. The van der Waals surface area contributed by atoms with Crippen LogP contribution in [-0.4, -0.2) is 17.0 Å². The number of halogens is 2. The van der Waals surface area contributed by atoms with Gasteiger partial charge in [0.25, 0.3) is 11.5 Å². The normalized spacial score (nSPS) is 10.9. The zero-order chi connectivity index (χ0) is 20.8. The Hall–Kier alpha value is -3.32. The molecule has 7 heteroatoms. The molecule has 3 N–H and O–H groups in total. The number of hydrogen-bond acceptors (Lipinski definition) is 3. The molecular formula is C22H21F2N3O2. The summed E-state index contributed by atoms with van der Waals surface area (Å²) in [5.74, 6) is -1.15. The average molecular weight is 397 g/mol. The van der Waals surface area contributed by atoms with E-state index in [2.05, 4.69) is 5.32 Å². The minimum Gasteiger partial charge on any atom is -0.352 e. The number of nitrogens with one attached hydrogen (secondary N) is 1. The van der Waals surface area contributed by atoms with Crippen molar-refractivity contribution in [1.29, 1.82) is 0 Å². The Bertz CT molecular complexity index is 986. The lowest BCUT2D eigenvalue weighted by molar-refractivity contribution is 0.0952. The van der Waals surface area contributed by atoms with E-state index in [1.807, 2.05) is 0 Å². The summed E-state index contributed by atoms with van der Waals surface area (Å²) in [7, 11) is 0. The highest BCUT2D eigenvalue weighted by Gasteiger charge is 2.16. The third-order valence-electron chi connectivity index (χ3n) is 4.71. The predicted octanol–water partition coefficient (Wildman–Crippen LogP) is 2.99. The van der Waals surface area contributed by atoms with Gasteiger partial charge in [-0.2, -0.15) is 0 Å². The van der Waals surface area contributed by atoms with Crippen molar-refractivity contribution >= 4 is 5.91 Å². The van der Waals surface area contributed by atoms with Crippen molar-refractivity contribution in [3.05, 3.63) is 106 Å². The second kappa shape index (κ2) is 9.25. The molecule has 0 aliphatic carbocycles. The highest BCUT2D eigenvalue weighted by Crippen LogP contribution is 2.28. The van der Waals surface area contributed by atoms with Crippen LogP contribution in [0.2, 0.25) is 0 Å². The zero-order valence-electron chi connectivity index (χ0n) is 15.6. The number of amides is 1. The van der Waals surface area contributed by atoms with Crippen molar-refractivity contribution in [3.63, 3.8) is 0 Å². The lowest BCUT2D eigenvalue weighted by Gasteiger charge is -2.19. The molecule has 5 nitrogen and oxygen atoms in total. The number of benzene rings is 2. The fourth-order valence-electron chi connectivity index (χ4n) is 3.16. The highest BCUT2D eigenvalue weighted by atomic mass is 19.1. The fraction of sp³-hybridized carbons (Fsp3) is 0.182. The molecule has 0 fully saturated rings. The van der Waals surface area contributed by atoms with E-state index in [9.17, 15) is 18.4 Å². The first-order valence-corrected chi connectivity index (χ1v) is 9.17. The van der Waals surface area contributed by atoms with E-state index in [1.165, 1.54) is 47.2 Å². The van der Waals surface area contributed by atoms with Crippen molar-refractivity contribution < 1.29 is 13.6 Å². The zero-order valence-corrected chi connectivity index (χ0v) is 15.6. The molecule has 0 aliphatic heterocycles. The number of nitrogens with two attached hydrogens (primary N) is 1. The highest BCUT2D eigenvalue weighted by molar-refractivity contribution is 5.93. The quantitative estimate of drug-likeness (QED) is 0.644. The van der Waals surface area contributed by atoms with E-state index in [0.717, 1.165) is 11.1 Å². The summed E-state index contributed by atoms with van der Waals surface area (Å²) in [5, 5.41) is 2.82. The van der Waals surface area contributed by atoms with Crippen LogP contribution in [0.25, 0.3) is 0 Å². The fourth-order valence-corrected chi connectivity index (χ4v) is 3.16. The van der Waals surface area contributed by atoms with Gasteiger partial charge >= 0.3 is 0 Å². The Morgan fingerprint density at radius 3 is 2.00 bits per heavy atom. The van der Waals surface area contributed by atoms with Crippen LogP contribution in [0.1, 0.15) is 33.8 Å². The van der Waals surface area contributed by atoms with Gasteiger partial charge in [-0.1, -0.05) is 24.3 Å². The van der Waals surface area contributed by atoms with Crippen LogP contribution < -0.4 is 16.6 Å². The van der Waals surface area contributed by atoms with E-state index >= 15 is 0 Å². The van der Waals surface area contributed by atoms with E-state index < -0.39 is 0 Å². The summed E-state index contributed by atoms with van der Waals surface area (Å²) in [4.78, 5) is 24.0. The van der Waals surface area contributed by atoms with Crippen LogP contribution in [-0.2, 0) is 6.67 Å². The summed E-state index contributed by atoms with van der Waals surface area (Å²) < 4.78 is 27.8. The van der Waals surface area contributed by atoms with Crippen LogP contribution >= 0.6 is 0 Å². The molecule has 0 unspecified atom stereocenters. The standard InChI is InChI=1S/C22H21F2N3O2/c23-18-6-1-15(2-7-18)20(16-3-8-19(24)9-4-16)11-12-26-22(29)17-5-10-21(28)27(13-17)14-25/h1-10,13,20H,11-12,14,25H2,(H,26,29). The third-order valence-corrected chi connectivity index (χ3v) is 4.71. The summed E-state index contributed by atoms with van der Waals surface area (Å²) in [5.41, 5.74) is 7.27. The van der Waals surface area contributed by atoms with Crippen LogP contribution in [0.15, 0.2) is 71.7 Å². The van der Waals surface area contributed by atoms with E-state index in [-0.39, 0.29) is 35.7 Å². The van der Waals surface area contributed by atoms with E-state index in [0.29, 0.717) is 18.5 Å². The van der Waals surface area contributed by atoms with Gasteiger partial charge in [-0.25, -0.2) is 8.78 Å². The predicted molar refractivity (Wildman–Crippen MR) is 106 cm³/mol. The first-order valence-electron chi connectivity index (χ1n) is 9.17. The number of rotatable bonds is 7. The van der Waals surface area contributed by atoms with Crippen molar-refractivity contribution in [2.75, 3.05) is 6.54 Å². The van der Waals surface area contributed by atoms with Gasteiger partial charge in [0.1, 0.15) is 11.6 Å². The van der Waals surface area contributed by atoms with Gasteiger partial charge in [-0.15, -0.1) is 0 Å². The maximum absolute atomic E-state index is 13.3. The van der Waals surface area contributed by atoms with Crippen molar-refractivity contribution in [2.24, 2.45) is 5.73 Å². The summed E-state index contributed by atoms with van der Waals surface area (Å²) in [6, 6.07) is 15.0. The maximum atomic E-state index is 13.3. The molecule has 2 aromatic carbocycles. The molecule has 0 saturated heterocycles. The first-order chi connectivity index (χ1) is 14.0. The number of carbonyl (C=O) groups is 1. The molecule has 0 aliphatic rings. The Balaban J connectivity index is 1.73. The largest absolute Gasteiger partial charge is 0.352 e. The summed E-state index contributed by atoms with van der Waals surface area (Å²) in [6.07, 6.45) is 1.94. The molecule has 1 aromatic heterocycles. The minimum atomic E-state index is -0.338. The molecule has 0 atom stereocenters. The summed E-state index contributed by atoms with van der Waals surface area (Å²) >= 11 is 0. The van der Waals surface area contributed by atoms with Crippen molar-refractivity contribution in [1.82, 2.24) is 9.88 Å². The molecule has 0 bridgehead atoms. The molecular weight excluding hydrogens is 376 g/mol. The van der Waals surface area contributed by atoms with Gasteiger partial charge in [0.2, 0.25) is 0 Å². The van der Waals surface area contributed by atoms with Gasteiger partial charge in [-0.3, -0.25) is 9.59 Å². The number of pyridine rings is 1. The maximum Gasteiger partial charge on any atom is 0.252 e. The van der Waals surface area contributed by atoms with Crippen LogP contribution in [0.4, 0.5) is 8.78 Å². The molecule has 1 heterocycles. The van der Waals surface area contributed by atoms with Gasteiger partial charge in [0, 0.05) is 24.7 Å². The Morgan fingerprint density at radius 1 is 0.931 bits per heavy atom. The topological polar surface area (TPSA) is 77.1 Å². The van der Waals surface area contributed by atoms with E-state index in [1.54, 1.807) is 24.3 Å². The van der Waals surface area contributed by atoms with Crippen molar-refractivity contribution in [3.8, 4) is 0 Å². The number of nitrogens with zero attached hydrogens (tertiary/aromatic N) is 1. The monoisotopic (exact) mass is 397 g/mol. The number of hydrogen-bond donors (Lipinski definition) is 2. The van der Waals surface area contributed by atoms with Crippen molar-refractivity contribution in [2.45, 2.75) is 19.0 Å². The number of carbonyl (C=O) groups excluding carboxylic acids is 1. The SMILES string of the molecule is NCn1cc(C(=O)NCCC(c2ccc(F)cc2)c2ccc(F)cc2)ccc1=O. The summed E-state index contributed by atoms with van der Waals surface area (Å²) in [6.45, 7) is 0.317. The van der Waals surface area contributed by atoms with Crippen LogP contribution in [0.3, 0.4) is 0 Å². The van der Waals surface area contributed by atoms with Gasteiger partial charge < -0.3 is 15.6 Å². The molecule has 0 saturated carbocycles. The average Bonchev–Trinajstić information content (AvgIpc) is 2.73. The molecule has 0 radical (unpaired) electrons. The minimum absolute atomic E-state index is 0.0167. The Kier molecular flexibility index (Phi) is 6.51. The van der Waals surface area contributed by atoms with E-state index in [4.69, 9.17) is 5.73 Å². The molecule has 0 spiro atoms. The molecule has 1 amide bonds. The second-order valence-corrected chi connectivity index (χ2v) is 6.61. The molecule has 3 aromatic rings. The van der Waals surface area contributed by atoms with Gasteiger partial charge in [-0.05, 0) is 47.9 Å². The van der Waals surface area contributed by atoms with Gasteiger partial charge in [0.05, 0.1) is 12.2 Å². The molecule has 29 heavy (non-hydrogen) atoms. The van der Waals surface area contributed by atoms with Crippen LogP contribution in [0.5, 0.6) is 0 Å². The third kappa shape index (κ3) is 5.14. The Labute approximate surface area is 166 Å². The van der Waals surface area contributed by atoms with Crippen LogP contribution in [0, 0.1) is 11.6 Å². The molecule has 3 rings (SSSR count). The van der Waals surface area contributed by atoms with Gasteiger partial charge in [0.15, 0.2) is 0 Å². The second-order valence-electron chi connectivity index (χ2n) is 6.61. The first kappa shape index (κ1) is 20.4. The Morgan fingerprint density at radius 2 is 1.48 bits per heavy atom. The lowest BCUT2D eigenvalue weighted by Crippen LogP contribution is -2.29. The lowest BCUT2D eigenvalue weighted by atomic mass is 9.88. The number of aromatic nitrogens is 1.